The zero-order valence-electron chi connectivity index (χ0n) is 12.5. The average molecular weight is 313 g/mol. The molecule has 0 saturated carbocycles. The molecule has 1 aliphatic heterocycles. The number of piperidine rings is 1. The third kappa shape index (κ3) is 3.75. The minimum atomic E-state index is -3.52. The lowest BCUT2D eigenvalue weighted by atomic mass is 10.00. The Balaban J connectivity index is 2.26. The Morgan fingerprint density at radius 2 is 2.00 bits per heavy atom. The van der Waals surface area contributed by atoms with Crippen molar-refractivity contribution in [2.75, 3.05) is 13.7 Å². The summed E-state index contributed by atoms with van der Waals surface area (Å²) < 4.78 is 32.2. The van der Waals surface area contributed by atoms with Crippen LogP contribution in [0.15, 0.2) is 29.2 Å². The van der Waals surface area contributed by atoms with Crippen LogP contribution in [0.4, 0.5) is 0 Å². The van der Waals surface area contributed by atoms with Crippen LogP contribution in [0.5, 0.6) is 5.75 Å². The topological polar surface area (TPSA) is 66.8 Å². The first-order chi connectivity index (χ1) is 9.95. The van der Waals surface area contributed by atoms with Gasteiger partial charge in [-0.1, -0.05) is 6.42 Å². The molecule has 0 spiro atoms. The molecule has 2 rings (SSSR count). The lowest BCUT2D eigenvalue weighted by Crippen LogP contribution is -2.44. The van der Waals surface area contributed by atoms with E-state index in [0.29, 0.717) is 18.7 Å². The van der Waals surface area contributed by atoms with Gasteiger partial charge in [-0.2, -0.15) is 4.31 Å². The molecule has 1 aliphatic rings. The second kappa shape index (κ2) is 6.77. The van der Waals surface area contributed by atoms with Crippen molar-refractivity contribution in [3.8, 4) is 5.75 Å². The number of nitrogens with zero attached hydrogens (tertiary/aromatic N) is 1. The van der Waals surface area contributed by atoms with Crippen molar-refractivity contribution in [2.45, 2.75) is 49.6 Å². The molecule has 0 amide bonds. The van der Waals surface area contributed by atoms with E-state index in [2.05, 4.69) is 0 Å². The fourth-order valence-electron chi connectivity index (χ4n) is 2.80. The molecule has 0 radical (unpaired) electrons. The maximum atomic E-state index is 12.8. The van der Waals surface area contributed by atoms with Crippen molar-refractivity contribution in [3.05, 3.63) is 24.3 Å². The van der Waals surface area contributed by atoms with Crippen molar-refractivity contribution in [1.82, 2.24) is 4.31 Å². The summed E-state index contributed by atoms with van der Waals surface area (Å²) in [4.78, 5) is 0.279. The van der Waals surface area contributed by atoms with Gasteiger partial charge in [-0.05, 0) is 50.5 Å². The summed E-state index contributed by atoms with van der Waals surface area (Å²) in [7, 11) is -1.97. The highest BCUT2D eigenvalue weighted by Crippen LogP contribution is 2.28. The number of hydrogen-bond acceptors (Lipinski definition) is 4. The van der Waals surface area contributed by atoms with E-state index in [-0.39, 0.29) is 10.9 Å². The molecule has 1 aromatic carbocycles. The van der Waals surface area contributed by atoms with Gasteiger partial charge in [0.15, 0.2) is 0 Å². The summed E-state index contributed by atoms with van der Waals surface area (Å²) in [6.45, 7) is 2.22. The molecule has 1 fully saturated rings. The van der Waals surface area contributed by atoms with Gasteiger partial charge in [0.25, 0.3) is 0 Å². The maximum absolute atomic E-state index is 12.8. The number of ether oxygens (including phenoxy) is 1. The zero-order valence-corrected chi connectivity index (χ0v) is 13.3. The first-order valence-electron chi connectivity index (χ1n) is 7.29. The van der Waals surface area contributed by atoms with Gasteiger partial charge >= 0.3 is 0 Å². The molecule has 0 aromatic heterocycles. The van der Waals surface area contributed by atoms with Crippen LogP contribution in [0, 0.1) is 0 Å². The van der Waals surface area contributed by atoms with Crippen LogP contribution in [0.25, 0.3) is 0 Å². The summed E-state index contributed by atoms with van der Waals surface area (Å²) >= 11 is 0. The molecule has 1 aromatic rings. The third-order valence-electron chi connectivity index (χ3n) is 3.85. The normalized spacial score (nSPS) is 22.0. The van der Waals surface area contributed by atoms with Gasteiger partial charge in [-0.15, -0.1) is 0 Å². The number of hydrogen-bond donors (Lipinski definition) is 1. The van der Waals surface area contributed by atoms with Crippen LogP contribution in [-0.4, -0.2) is 43.6 Å². The lowest BCUT2D eigenvalue weighted by molar-refractivity contribution is 0.132. The SMILES string of the molecule is COc1ccc(S(=O)(=O)N2CCCCC2CC(C)O)cc1. The van der Waals surface area contributed by atoms with Gasteiger partial charge in [0, 0.05) is 12.6 Å². The number of aliphatic hydroxyl groups excluding tert-OH is 1. The second-order valence-corrected chi connectivity index (χ2v) is 7.42. The Bertz CT molecular complexity index is 554. The highest BCUT2D eigenvalue weighted by molar-refractivity contribution is 7.89. The minimum absolute atomic E-state index is 0.120. The van der Waals surface area contributed by atoms with Crippen molar-refractivity contribution < 1.29 is 18.3 Å². The first kappa shape index (κ1) is 16.3. The Hall–Kier alpha value is -1.11. The van der Waals surface area contributed by atoms with Gasteiger partial charge in [0.1, 0.15) is 5.75 Å². The molecule has 0 aliphatic carbocycles. The van der Waals surface area contributed by atoms with E-state index < -0.39 is 16.1 Å². The summed E-state index contributed by atoms with van der Waals surface area (Å²) in [6, 6.07) is 6.33. The molecule has 1 saturated heterocycles. The third-order valence-corrected chi connectivity index (χ3v) is 5.82. The zero-order chi connectivity index (χ0) is 15.5. The minimum Gasteiger partial charge on any atom is -0.497 e. The van der Waals surface area contributed by atoms with E-state index in [1.165, 1.54) is 0 Å². The number of rotatable bonds is 5. The average Bonchev–Trinajstić information content (AvgIpc) is 2.47. The fraction of sp³-hybridized carbons (Fsp3) is 0.600. The Morgan fingerprint density at radius 1 is 1.33 bits per heavy atom. The van der Waals surface area contributed by atoms with E-state index in [9.17, 15) is 13.5 Å². The summed E-state index contributed by atoms with van der Waals surface area (Å²) in [6.07, 6.45) is 2.66. The highest BCUT2D eigenvalue weighted by atomic mass is 32.2. The summed E-state index contributed by atoms with van der Waals surface area (Å²) in [5.74, 6) is 0.633. The summed E-state index contributed by atoms with van der Waals surface area (Å²) in [5.41, 5.74) is 0. The Labute approximate surface area is 126 Å². The van der Waals surface area contributed by atoms with E-state index >= 15 is 0 Å². The van der Waals surface area contributed by atoms with Crippen LogP contribution in [0.1, 0.15) is 32.6 Å². The number of benzene rings is 1. The molecule has 118 valence electrons. The monoisotopic (exact) mass is 313 g/mol. The predicted molar refractivity (Wildman–Crippen MR) is 80.8 cm³/mol. The molecule has 21 heavy (non-hydrogen) atoms. The Kier molecular flexibility index (Phi) is 5.24. The molecule has 1 N–H and O–H groups in total. The first-order valence-corrected chi connectivity index (χ1v) is 8.73. The van der Waals surface area contributed by atoms with E-state index in [0.717, 1.165) is 19.3 Å². The molecular weight excluding hydrogens is 290 g/mol. The molecule has 2 atom stereocenters. The molecule has 0 bridgehead atoms. The van der Waals surface area contributed by atoms with Crippen LogP contribution in [0.2, 0.25) is 0 Å². The van der Waals surface area contributed by atoms with Gasteiger partial charge < -0.3 is 9.84 Å². The van der Waals surface area contributed by atoms with E-state index in [1.807, 2.05) is 0 Å². The van der Waals surface area contributed by atoms with E-state index in [1.54, 1.807) is 42.6 Å². The maximum Gasteiger partial charge on any atom is 0.243 e. The van der Waals surface area contributed by atoms with Crippen molar-refractivity contribution in [2.24, 2.45) is 0 Å². The molecular formula is C15H23NO4S. The van der Waals surface area contributed by atoms with Gasteiger partial charge in [-0.25, -0.2) is 8.42 Å². The number of sulfonamides is 1. The summed E-state index contributed by atoms with van der Waals surface area (Å²) in [5, 5.41) is 9.59. The van der Waals surface area contributed by atoms with Crippen LogP contribution in [-0.2, 0) is 10.0 Å². The van der Waals surface area contributed by atoms with Crippen LogP contribution >= 0.6 is 0 Å². The lowest BCUT2D eigenvalue weighted by Gasteiger charge is -2.35. The van der Waals surface area contributed by atoms with Crippen molar-refractivity contribution in [1.29, 1.82) is 0 Å². The van der Waals surface area contributed by atoms with Crippen molar-refractivity contribution in [3.63, 3.8) is 0 Å². The molecule has 2 unspecified atom stereocenters. The highest BCUT2D eigenvalue weighted by Gasteiger charge is 2.33. The standard InChI is InChI=1S/C15H23NO4S/c1-12(17)11-13-5-3-4-10-16(13)21(18,19)15-8-6-14(20-2)7-9-15/h6-9,12-13,17H,3-5,10-11H2,1-2H3. The van der Waals surface area contributed by atoms with Gasteiger partial charge in [-0.3, -0.25) is 0 Å². The van der Waals surface area contributed by atoms with Gasteiger partial charge in [0.05, 0.1) is 18.1 Å². The fourth-order valence-corrected chi connectivity index (χ4v) is 4.51. The van der Waals surface area contributed by atoms with Crippen molar-refractivity contribution >= 4 is 10.0 Å². The smallest absolute Gasteiger partial charge is 0.243 e. The number of aliphatic hydroxyl groups is 1. The predicted octanol–water partition coefficient (Wildman–Crippen LogP) is 2.01. The quantitative estimate of drug-likeness (QED) is 0.903. The van der Waals surface area contributed by atoms with Gasteiger partial charge in [0.2, 0.25) is 10.0 Å². The molecule has 5 nitrogen and oxygen atoms in total. The number of methoxy groups -OCH3 is 1. The second-order valence-electron chi connectivity index (χ2n) is 5.53. The largest absolute Gasteiger partial charge is 0.497 e. The molecule has 1 heterocycles. The Morgan fingerprint density at radius 3 is 2.57 bits per heavy atom. The van der Waals surface area contributed by atoms with Crippen LogP contribution < -0.4 is 4.74 Å². The van der Waals surface area contributed by atoms with E-state index in [4.69, 9.17) is 4.74 Å². The van der Waals surface area contributed by atoms with Crippen LogP contribution in [0.3, 0.4) is 0 Å². The molecule has 6 heteroatoms.